The molecule has 3 aromatic rings. The van der Waals surface area contributed by atoms with E-state index < -0.39 is 0 Å². The summed E-state index contributed by atoms with van der Waals surface area (Å²) in [6.07, 6.45) is 3.49. The summed E-state index contributed by atoms with van der Waals surface area (Å²) >= 11 is 0. The van der Waals surface area contributed by atoms with Crippen molar-refractivity contribution in [1.82, 2.24) is 14.8 Å². The fourth-order valence-corrected chi connectivity index (χ4v) is 1.93. The van der Waals surface area contributed by atoms with Crippen LogP contribution in [0.15, 0.2) is 47.5 Å². The number of rotatable bonds is 1. The first kappa shape index (κ1) is 9.84. The minimum Gasteiger partial charge on any atom is -0.318 e. The van der Waals surface area contributed by atoms with E-state index in [1.54, 1.807) is 24.0 Å². The minimum atomic E-state index is 0.0265. The van der Waals surface area contributed by atoms with E-state index in [4.69, 9.17) is 0 Å². The van der Waals surface area contributed by atoms with E-state index in [0.717, 1.165) is 22.0 Å². The Balaban J connectivity index is 2.28. The quantitative estimate of drug-likeness (QED) is 0.688. The number of aromatic nitrogens is 3. The highest BCUT2D eigenvalue weighted by Gasteiger charge is 2.03. The van der Waals surface area contributed by atoms with Crippen LogP contribution < -0.4 is 5.56 Å². The first-order chi connectivity index (χ1) is 8.25. The van der Waals surface area contributed by atoms with Crippen LogP contribution in [0.5, 0.6) is 0 Å². The zero-order valence-corrected chi connectivity index (χ0v) is 9.34. The molecule has 0 unspecified atom stereocenters. The number of hydrogen-bond donors (Lipinski definition) is 1. The molecule has 0 aliphatic carbocycles. The minimum absolute atomic E-state index is 0.0265. The molecule has 0 saturated carbocycles. The van der Waals surface area contributed by atoms with Gasteiger partial charge in [0.05, 0.1) is 5.69 Å². The summed E-state index contributed by atoms with van der Waals surface area (Å²) in [7, 11) is 1.75. The molecule has 2 heterocycles. The predicted molar refractivity (Wildman–Crippen MR) is 66.8 cm³/mol. The summed E-state index contributed by atoms with van der Waals surface area (Å²) < 4.78 is 1.58. The molecule has 0 aliphatic rings. The molecule has 17 heavy (non-hydrogen) atoms. The van der Waals surface area contributed by atoms with Gasteiger partial charge in [-0.15, -0.1) is 0 Å². The summed E-state index contributed by atoms with van der Waals surface area (Å²) in [4.78, 5) is 11.9. The number of H-pyrrole nitrogens is 1. The van der Waals surface area contributed by atoms with Crippen LogP contribution in [-0.2, 0) is 7.05 Å². The fraction of sp³-hybridized carbons (Fsp3) is 0.0769. The molecule has 2 aromatic heterocycles. The summed E-state index contributed by atoms with van der Waals surface area (Å²) in [6.45, 7) is 0. The van der Waals surface area contributed by atoms with Crippen molar-refractivity contribution in [2.45, 2.75) is 0 Å². The lowest BCUT2D eigenvalue weighted by Crippen LogP contribution is -2.15. The Labute approximate surface area is 97.5 Å². The van der Waals surface area contributed by atoms with Crippen LogP contribution in [0.4, 0.5) is 0 Å². The van der Waals surface area contributed by atoms with Crippen LogP contribution in [0.25, 0.3) is 22.0 Å². The molecule has 0 aliphatic heterocycles. The molecular formula is C13H11N3O. The van der Waals surface area contributed by atoms with Crippen molar-refractivity contribution in [1.29, 1.82) is 0 Å². The summed E-state index contributed by atoms with van der Waals surface area (Å²) in [5.74, 6) is 0. The van der Waals surface area contributed by atoms with E-state index >= 15 is 0 Å². The van der Waals surface area contributed by atoms with Crippen LogP contribution in [0.1, 0.15) is 0 Å². The van der Waals surface area contributed by atoms with Crippen molar-refractivity contribution in [3.8, 4) is 11.3 Å². The van der Waals surface area contributed by atoms with E-state index in [1.165, 1.54) is 0 Å². The Morgan fingerprint density at radius 1 is 1.24 bits per heavy atom. The molecule has 1 aromatic carbocycles. The topological polar surface area (TPSA) is 50.7 Å². The third kappa shape index (κ3) is 1.54. The first-order valence-electron chi connectivity index (χ1n) is 5.35. The number of aryl methyl sites for hydroxylation is 1. The molecule has 0 atom stereocenters. The maximum absolute atomic E-state index is 11.9. The number of nitrogens with one attached hydrogen (secondary N) is 1. The maximum Gasteiger partial charge on any atom is 0.258 e. The van der Waals surface area contributed by atoms with Gasteiger partial charge in [-0.2, -0.15) is 5.10 Å². The normalized spacial score (nSPS) is 10.9. The second-order valence-corrected chi connectivity index (χ2v) is 4.00. The van der Waals surface area contributed by atoms with Crippen molar-refractivity contribution in [2.24, 2.45) is 7.05 Å². The number of benzene rings is 1. The monoisotopic (exact) mass is 225 g/mol. The third-order valence-corrected chi connectivity index (χ3v) is 2.89. The molecule has 0 amide bonds. The number of hydrogen-bond acceptors (Lipinski definition) is 2. The van der Waals surface area contributed by atoms with Gasteiger partial charge in [0, 0.05) is 30.4 Å². The van der Waals surface area contributed by atoms with E-state index in [0.29, 0.717) is 0 Å². The van der Waals surface area contributed by atoms with Crippen LogP contribution >= 0.6 is 0 Å². The van der Waals surface area contributed by atoms with Gasteiger partial charge in [0.25, 0.3) is 5.56 Å². The van der Waals surface area contributed by atoms with Gasteiger partial charge >= 0.3 is 0 Å². The molecule has 4 heteroatoms. The van der Waals surface area contributed by atoms with Gasteiger partial charge in [0.15, 0.2) is 0 Å². The molecule has 4 nitrogen and oxygen atoms in total. The van der Waals surface area contributed by atoms with Crippen LogP contribution in [0, 0.1) is 0 Å². The summed E-state index contributed by atoms with van der Waals surface area (Å²) in [5, 5.41) is 8.51. The van der Waals surface area contributed by atoms with Gasteiger partial charge in [-0.1, -0.05) is 6.07 Å². The Kier molecular flexibility index (Phi) is 2.08. The zero-order valence-electron chi connectivity index (χ0n) is 9.34. The fourth-order valence-electron chi connectivity index (χ4n) is 1.93. The molecule has 0 saturated heterocycles. The molecule has 84 valence electrons. The predicted octanol–water partition coefficient (Wildman–Crippen LogP) is 1.93. The Morgan fingerprint density at radius 3 is 2.88 bits per heavy atom. The van der Waals surface area contributed by atoms with Crippen molar-refractivity contribution < 1.29 is 0 Å². The van der Waals surface area contributed by atoms with Crippen LogP contribution in [0.2, 0.25) is 0 Å². The highest BCUT2D eigenvalue weighted by Crippen LogP contribution is 2.20. The SMILES string of the molecule is Cn1ccc2cc(-c3ccn[nH]3)ccc2c1=O. The van der Waals surface area contributed by atoms with Crippen molar-refractivity contribution in [3.05, 3.63) is 53.1 Å². The van der Waals surface area contributed by atoms with E-state index in [-0.39, 0.29) is 5.56 Å². The van der Waals surface area contributed by atoms with E-state index in [1.807, 2.05) is 30.3 Å². The lowest BCUT2D eigenvalue weighted by Gasteiger charge is -2.03. The van der Waals surface area contributed by atoms with Crippen molar-refractivity contribution >= 4 is 10.8 Å². The Hall–Kier alpha value is -2.36. The van der Waals surface area contributed by atoms with Crippen LogP contribution in [0.3, 0.4) is 0 Å². The number of fused-ring (bicyclic) bond motifs is 1. The Bertz CT molecular complexity index is 726. The highest BCUT2D eigenvalue weighted by atomic mass is 16.1. The highest BCUT2D eigenvalue weighted by molar-refractivity contribution is 5.85. The molecule has 0 radical (unpaired) electrons. The van der Waals surface area contributed by atoms with Gasteiger partial charge in [0.1, 0.15) is 0 Å². The van der Waals surface area contributed by atoms with Crippen molar-refractivity contribution in [3.63, 3.8) is 0 Å². The molecule has 3 rings (SSSR count). The molecule has 0 spiro atoms. The lowest BCUT2D eigenvalue weighted by molar-refractivity contribution is 0.873. The van der Waals surface area contributed by atoms with Gasteiger partial charge in [0.2, 0.25) is 0 Å². The summed E-state index contributed by atoms with van der Waals surface area (Å²) in [5.41, 5.74) is 2.01. The van der Waals surface area contributed by atoms with E-state index in [2.05, 4.69) is 10.2 Å². The number of aromatic amines is 1. The molecular weight excluding hydrogens is 214 g/mol. The third-order valence-electron chi connectivity index (χ3n) is 2.89. The Morgan fingerprint density at radius 2 is 2.12 bits per heavy atom. The lowest BCUT2D eigenvalue weighted by atomic mass is 10.1. The zero-order chi connectivity index (χ0) is 11.8. The summed E-state index contributed by atoms with van der Waals surface area (Å²) in [6, 6.07) is 9.62. The largest absolute Gasteiger partial charge is 0.318 e. The second-order valence-electron chi connectivity index (χ2n) is 4.00. The second kappa shape index (κ2) is 3.59. The average Bonchev–Trinajstić information content (AvgIpc) is 2.87. The maximum atomic E-state index is 11.9. The standard InChI is InChI=1S/C13H11N3O/c1-16-7-5-9-8-10(12-4-6-14-15-12)2-3-11(9)13(16)17/h2-8H,1H3,(H,14,15). The smallest absolute Gasteiger partial charge is 0.258 e. The number of pyridine rings is 1. The van der Waals surface area contributed by atoms with Crippen molar-refractivity contribution in [2.75, 3.05) is 0 Å². The van der Waals surface area contributed by atoms with E-state index in [9.17, 15) is 4.79 Å². The number of nitrogens with zero attached hydrogens (tertiary/aromatic N) is 2. The average molecular weight is 225 g/mol. The van der Waals surface area contributed by atoms with Gasteiger partial charge in [-0.25, -0.2) is 0 Å². The molecule has 0 fully saturated rings. The molecule has 0 bridgehead atoms. The van der Waals surface area contributed by atoms with Gasteiger partial charge in [-0.05, 0) is 29.7 Å². The first-order valence-corrected chi connectivity index (χ1v) is 5.35. The van der Waals surface area contributed by atoms with Gasteiger partial charge < -0.3 is 4.57 Å². The van der Waals surface area contributed by atoms with Gasteiger partial charge in [-0.3, -0.25) is 9.89 Å². The molecule has 1 N–H and O–H groups in total. The van der Waals surface area contributed by atoms with Crippen LogP contribution in [-0.4, -0.2) is 14.8 Å².